The van der Waals surface area contributed by atoms with Crippen LogP contribution in [0.5, 0.6) is 0 Å². The molecule has 0 saturated heterocycles. The van der Waals surface area contributed by atoms with Gasteiger partial charge in [0.25, 0.3) is 0 Å². The first-order valence-electron chi connectivity index (χ1n) is 4.71. The first-order chi connectivity index (χ1) is 6.58. The van der Waals surface area contributed by atoms with Gasteiger partial charge in [0.05, 0.1) is 5.69 Å². The molecule has 0 atom stereocenters. The molecule has 1 rings (SSSR count). The Balaban J connectivity index is 2.30. The van der Waals surface area contributed by atoms with Crippen LogP contribution >= 0.6 is 0 Å². The zero-order valence-electron chi connectivity index (χ0n) is 9.12. The van der Waals surface area contributed by atoms with Gasteiger partial charge >= 0.3 is 0 Å². The molecule has 0 aliphatic carbocycles. The molecule has 3 N–H and O–H groups in total. The van der Waals surface area contributed by atoms with E-state index in [9.17, 15) is 0 Å². The Bertz CT molecular complexity index is 268. The number of anilines is 1. The molecule has 1 heterocycles. The normalized spacial score (nSPS) is 11.5. The van der Waals surface area contributed by atoms with Crippen molar-refractivity contribution in [3.8, 4) is 0 Å². The maximum Gasteiger partial charge on any atom is 0.197 e. The van der Waals surface area contributed by atoms with Crippen LogP contribution in [0.1, 0.15) is 5.69 Å². The molecule has 0 aliphatic heterocycles. The molecule has 0 unspecified atom stereocenters. The molecule has 0 saturated carbocycles. The molecule has 1 aromatic rings. The summed E-state index contributed by atoms with van der Waals surface area (Å²) in [6.45, 7) is 2.91. The van der Waals surface area contributed by atoms with Gasteiger partial charge in [-0.05, 0) is 21.1 Å². The fourth-order valence-electron chi connectivity index (χ4n) is 1.18. The predicted molar refractivity (Wildman–Crippen MR) is 57.9 cm³/mol. The predicted octanol–water partition coefficient (Wildman–Crippen LogP) is -0.0147. The number of likely N-dealkylation sites (N-methyl/N-ethyl adjacent to an activating group) is 2. The van der Waals surface area contributed by atoms with E-state index in [-0.39, 0.29) is 0 Å². The number of aromatic nitrogens is 2. The van der Waals surface area contributed by atoms with Crippen LogP contribution in [0.2, 0.25) is 0 Å². The smallest absolute Gasteiger partial charge is 0.197 e. The maximum absolute atomic E-state index is 5.48. The summed E-state index contributed by atoms with van der Waals surface area (Å²) in [4.78, 5) is 11.4. The molecule has 1 aromatic heterocycles. The van der Waals surface area contributed by atoms with Gasteiger partial charge in [0.15, 0.2) is 5.95 Å². The lowest BCUT2D eigenvalue weighted by Gasteiger charge is -2.17. The zero-order chi connectivity index (χ0) is 10.6. The Hall–Kier alpha value is -1.07. The minimum Gasteiger partial charge on any atom is -0.369 e. The molecule has 0 bridgehead atoms. The first-order valence-corrected chi connectivity index (χ1v) is 4.71. The Morgan fingerprint density at radius 3 is 2.57 bits per heavy atom. The van der Waals surface area contributed by atoms with Crippen LogP contribution in [-0.4, -0.2) is 54.0 Å². The molecule has 0 aromatic carbocycles. The fraction of sp³-hybridized carbons (Fsp3) is 0.667. The second kappa shape index (κ2) is 4.97. The molecule has 0 fully saturated rings. The number of aromatic amines is 1. The van der Waals surface area contributed by atoms with Crippen LogP contribution in [0, 0.1) is 0 Å². The number of H-pyrrole nitrogens is 1. The number of hydrogen-bond acceptors (Lipinski definition) is 4. The van der Waals surface area contributed by atoms with Gasteiger partial charge in [-0.2, -0.15) is 0 Å². The quantitative estimate of drug-likeness (QED) is 0.696. The summed E-state index contributed by atoms with van der Waals surface area (Å²) in [5.74, 6) is 0.487. The van der Waals surface area contributed by atoms with Gasteiger partial charge in [0.2, 0.25) is 0 Å². The summed E-state index contributed by atoms with van der Waals surface area (Å²) < 4.78 is 0. The summed E-state index contributed by atoms with van der Waals surface area (Å²) in [5, 5.41) is 0. The number of nitrogens with two attached hydrogens (primary N) is 1. The summed E-state index contributed by atoms with van der Waals surface area (Å²) in [6, 6.07) is 0. The zero-order valence-corrected chi connectivity index (χ0v) is 9.12. The van der Waals surface area contributed by atoms with E-state index >= 15 is 0 Å². The van der Waals surface area contributed by atoms with Gasteiger partial charge in [-0.25, -0.2) is 4.98 Å². The molecule has 14 heavy (non-hydrogen) atoms. The van der Waals surface area contributed by atoms with Gasteiger partial charge < -0.3 is 15.6 Å². The van der Waals surface area contributed by atoms with Crippen molar-refractivity contribution in [2.24, 2.45) is 0 Å². The lowest BCUT2D eigenvalue weighted by Crippen LogP contribution is -2.28. The van der Waals surface area contributed by atoms with Gasteiger partial charge in [-0.15, -0.1) is 0 Å². The van der Waals surface area contributed by atoms with E-state index < -0.39 is 0 Å². The van der Waals surface area contributed by atoms with Gasteiger partial charge in [-0.1, -0.05) is 0 Å². The molecule has 80 valence electrons. The average Bonchev–Trinajstić information content (AvgIpc) is 2.48. The summed E-state index contributed by atoms with van der Waals surface area (Å²) in [7, 11) is 6.22. The highest BCUT2D eigenvalue weighted by Crippen LogP contribution is 2.01. The van der Waals surface area contributed by atoms with Crippen molar-refractivity contribution in [2.45, 2.75) is 6.54 Å². The molecule has 5 heteroatoms. The molecular formula is C9H19N5. The van der Waals surface area contributed by atoms with Gasteiger partial charge in [0, 0.05) is 25.8 Å². The molecule has 0 spiro atoms. The van der Waals surface area contributed by atoms with Gasteiger partial charge in [0.1, 0.15) is 0 Å². The molecule has 0 aliphatic rings. The number of nitrogens with one attached hydrogen (secondary N) is 1. The molecular weight excluding hydrogens is 178 g/mol. The van der Waals surface area contributed by atoms with Crippen molar-refractivity contribution >= 4 is 5.95 Å². The topological polar surface area (TPSA) is 61.2 Å². The van der Waals surface area contributed by atoms with E-state index in [0.717, 1.165) is 25.3 Å². The summed E-state index contributed by atoms with van der Waals surface area (Å²) in [5.41, 5.74) is 6.47. The minimum atomic E-state index is 0.487. The highest BCUT2D eigenvalue weighted by atomic mass is 15.2. The Morgan fingerprint density at radius 1 is 1.36 bits per heavy atom. The first kappa shape index (κ1) is 11.0. The van der Waals surface area contributed by atoms with E-state index in [1.807, 2.05) is 6.20 Å². The van der Waals surface area contributed by atoms with Crippen LogP contribution in [-0.2, 0) is 6.54 Å². The monoisotopic (exact) mass is 197 g/mol. The lowest BCUT2D eigenvalue weighted by molar-refractivity contribution is 0.274. The average molecular weight is 197 g/mol. The third-order valence-corrected chi connectivity index (χ3v) is 2.01. The van der Waals surface area contributed by atoms with E-state index in [1.165, 1.54) is 0 Å². The van der Waals surface area contributed by atoms with E-state index in [1.54, 1.807) is 0 Å². The van der Waals surface area contributed by atoms with Crippen molar-refractivity contribution in [3.05, 3.63) is 11.9 Å². The third kappa shape index (κ3) is 3.76. The second-order valence-corrected chi connectivity index (χ2v) is 3.82. The van der Waals surface area contributed by atoms with E-state index in [4.69, 9.17) is 5.73 Å². The van der Waals surface area contributed by atoms with Crippen LogP contribution in [0.15, 0.2) is 6.20 Å². The molecule has 5 nitrogen and oxygen atoms in total. The minimum absolute atomic E-state index is 0.487. The Morgan fingerprint density at radius 2 is 2.07 bits per heavy atom. The van der Waals surface area contributed by atoms with Crippen molar-refractivity contribution in [1.82, 2.24) is 19.8 Å². The fourth-order valence-corrected chi connectivity index (χ4v) is 1.18. The second-order valence-electron chi connectivity index (χ2n) is 3.82. The van der Waals surface area contributed by atoms with Crippen molar-refractivity contribution < 1.29 is 0 Å². The lowest BCUT2D eigenvalue weighted by atomic mass is 10.4. The maximum atomic E-state index is 5.48. The summed E-state index contributed by atoms with van der Waals surface area (Å²) >= 11 is 0. The Labute approximate surface area is 84.9 Å². The van der Waals surface area contributed by atoms with Crippen molar-refractivity contribution in [3.63, 3.8) is 0 Å². The van der Waals surface area contributed by atoms with Crippen molar-refractivity contribution in [2.75, 3.05) is 40.0 Å². The van der Waals surface area contributed by atoms with Crippen LogP contribution < -0.4 is 5.73 Å². The van der Waals surface area contributed by atoms with Crippen molar-refractivity contribution in [1.29, 1.82) is 0 Å². The van der Waals surface area contributed by atoms with E-state index in [0.29, 0.717) is 5.95 Å². The Kier molecular flexibility index (Phi) is 3.91. The SMILES string of the molecule is CN(C)CCN(C)Cc1c[nH]c(N)n1. The largest absolute Gasteiger partial charge is 0.369 e. The summed E-state index contributed by atoms with van der Waals surface area (Å²) in [6.07, 6.45) is 1.85. The third-order valence-electron chi connectivity index (χ3n) is 2.01. The van der Waals surface area contributed by atoms with Gasteiger partial charge in [-0.3, -0.25) is 4.90 Å². The highest BCUT2D eigenvalue weighted by Gasteiger charge is 2.03. The molecule has 0 amide bonds. The van der Waals surface area contributed by atoms with Crippen LogP contribution in [0.25, 0.3) is 0 Å². The van der Waals surface area contributed by atoms with Crippen LogP contribution in [0.3, 0.4) is 0 Å². The number of nitrogen functional groups attached to an aromatic ring is 1. The van der Waals surface area contributed by atoms with Crippen LogP contribution in [0.4, 0.5) is 5.95 Å². The standard InChI is InChI=1S/C9H19N5/c1-13(2)4-5-14(3)7-8-6-11-9(10)12-8/h6H,4-5,7H2,1-3H3,(H3,10,11,12). The number of nitrogens with zero attached hydrogens (tertiary/aromatic N) is 3. The number of rotatable bonds is 5. The number of imidazole rings is 1. The highest BCUT2D eigenvalue weighted by molar-refractivity contribution is 5.18. The van der Waals surface area contributed by atoms with E-state index in [2.05, 4.69) is 40.9 Å². The molecule has 0 radical (unpaired) electrons. The number of hydrogen-bond donors (Lipinski definition) is 2.